The zero-order chi connectivity index (χ0) is 15.1. The van der Waals surface area contributed by atoms with Gasteiger partial charge in [-0.3, -0.25) is 0 Å². The highest BCUT2D eigenvalue weighted by molar-refractivity contribution is 5.87. The van der Waals surface area contributed by atoms with Crippen molar-refractivity contribution in [1.29, 1.82) is 0 Å². The molecule has 1 aromatic carbocycles. The van der Waals surface area contributed by atoms with Crippen molar-refractivity contribution in [1.82, 2.24) is 4.90 Å². The van der Waals surface area contributed by atoms with Crippen LogP contribution >= 0.6 is 12.4 Å². The standard InChI is InChI=1S/C18H25NO2.ClH/c1-19(2)14-16-10-6-7-11-17(16)21-18(20)13-12-15-8-4-3-5-9-15;/h3-5,8-9,12-13,16-17H,6-7,10-11,14H2,1-2H3;1H/b13-12+;. The van der Waals surface area contributed by atoms with Crippen LogP contribution in [0.15, 0.2) is 36.4 Å². The highest BCUT2D eigenvalue weighted by Gasteiger charge is 2.28. The Morgan fingerprint density at radius 2 is 1.91 bits per heavy atom. The minimum absolute atomic E-state index is 0. The Balaban J connectivity index is 0.00000242. The molecule has 1 fully saturated rings. The maximum Gasteiger partial charge on any atom is 0.331 e. The van der Waals surface area contributed by atoms with E-state index in [0.29, 0.717) is 5.92 Å². The van der Waals surface area contributed by atoms with Gasteiger partial charge in [0.1, 0.15) is 6.10 Å². The summed E-state index contributed by atoms with van der Waals surface area (Å²) < 4.78 is 5.67. The fourth-order valence-corrected chi connectivity index (χ4v) is 2.92. The van der Waals surface area contributed by atoms with Gasteiger partial charge in [-0.2, -0.15) is 0 Å². The van der Waals surface area contributed by atoms with E-state index < -0.39 is 0 Å². The predicted octanol–water partition coefficient (Wildman–Crippen LogP) is 3.79. The molecule has 122 valence electrons. The van der Waals surface area contributed by atoms with E-state index >= 15 is 0 Å². The van der Waals surface area contributed by atoms with Crippen LogP contribution in [0.25, 0.3) is 6.08 Å². The molecule has 0 heterocycles. The lowest BCUT2D eigenvalue weighted by Crippen LogP contribution is -2.36. The maximum atomic E-state index is 12.0. The summed E-state index contributed by atoms with van der Waals surface area (Å²) in [6.07, 6.45) is 7.95. The maximum absolute atomic E-state index is 12.0. The first-order valence-electron chi connectivity index (χ1n) is 7.73. The summed E-state index contributed by atoms with van der Waals surface area (Å²) in [6, 6.07) is 9.82. The fourth-order valence-electron chi connectivity index (χ4n) is 2.92. The van der Waals surface area contributed by atoms with Gasteiger partial charge in [0.05, 0.1) is 0 Å². The monoisotopic (exact) mass is 323 g/mol. The summed E-state index contributed by atoms with van der Waals surface area (Å²) in [5.74, 6) is 0.234. The minimum Gasteiger partial charge on any atom is -0.459 e. The molecule has 0 amide bonds. The van der Waals surface area contributed by atoms with Crippen molar-refractivity contribution in [3.8, 4) is 0 Å². The van der Waals surface area contributed by atoms with Crippen molar-refractivity contribution in [2.75, 3.05) is 20.6 Å². The molecule has 3 nitrogen and oxygen atoms in total. The van der Waals surface area contributed by atoms with E-state index in [9.17, 15) is 4.79 Å². The highest BCUT2D eigenvalue weighted by Crippen LogP contribution is 2.27. The van der Waals surface area contributed by atoms with Crippen molar-refractivity contribution in [3.05, 3.63) is 42.0 Å². The van der Waals surface area contributed by atoms with Crippen LogP contribution in [-0.4, -0.2) is 37.6 Å². The molecular formula is C18H26ClNO2. The zero-order valence-corrected chi connectivity index (χ0v) is 14.2. The molecule has 2 atom stereocenters. The quantitative estimate of drug-likeness (QED) is 0.610. The van der Waals surface area contributed by atoms with E-state index in [1.165, 1.54) is 12.5 Å². The van der Waals surface area contributed by atoms with Crippen molar-refractivity contribution < 1.29 is 9.53 Å². The molecule has 1 aliphatic rings. The molecule has 0 radical (unpaired) electrons. The molecule has 4 heteroatoms. The molecule has 22 heavy (non-hydrogen) atoms. The number of ether oxygens (including phenoxy) is 1. The van der Waals surface area contributed by atoms with Gasteiger partial charge in [0.2, 0.25) is 0 Å². The second kappa shape index (κ2) is 9.65. The van der Waals surface area contributed by atoms with Gasteiger partial charge in [0.25, 0.3) is 0 Å². The van der Waals surface area contributed by atoms with E-state index in [1.54, 1.807) is 0 Å². The summed E-state index contributed by atoms with van der Waals surface area (Å²) in [5, 5.41) is 0. The number of rotatable bonds is 5. The van der Waals surface area contributed by atoms with Gasteiger partial charge in [-0.1, -0.05) is 36.8 Å². The van der Waals surface area contributed by atoms with Crippen molar-refractivity contribution >= 4 is 24.5 Å². The second-order valence-electron chi connectivity index (χ2n) is 6.03. The molecular weight excluding hydrogens is 298 g/mol. The van der Waals surface area contributed by atoms with Crippen LogP contribution in [0.3, 0.4) is 0 Å². The Hall–Kier alpha value is -1.32. The molecule has 1 saturated carbocycles. The molecule has 0 aromatic heterocycles. The lowest BCUT2D eigenvalue weighted by atomic mass is 9.86. The third-order valence-corrected chi connectivity index (χ3v) is 3.92. The van der Waals surface area contributed by atoms with E-state index in [-0.39, 0.29) is 24.5 Å². The molecule has 0 spiro atoms. The minimum atomic E-state index is -0.227. The van der Waals surface area contributed by atoms with Crippen LogP contribution in [0.4, 0.5) is 0 Å². The lowest BCUT2D eigenvalue weighted by molar-refractivity contribution is -0.147. The fraction of sp³-hybridized carbons (Fsp3) is 0.500. The summed E-state index contributed by atoms with van der Waals surface area (Å²) in [5.41, 5.74) is 1.02. The number of carbonyl (C=O) groups excluding carboxylic acids is 1. The first kappa shape index (κ1) is 18.7. The molecule has 1 aliphatic carbocycles. The largest absolute Gasteiger partial charge is 0.459 e. The van der Waals surface area contributed by atoms with Gasteiger partial charge in [-0.25, -0.2) is 4.79 Å². The molecule has 0 bridgehead atoms. The predicted molar refractivity (Wildman–Crippen MR) is 93.1 cm³/mol. The summed E-state index contributed by atoms with van der Waals surface area (Å²) in [4.78, 5) is 14.2. The van der Waals surface area contributed by atoms with Gasteiger partial charge in [0.15, 0.2) is 0 Å². The van der Waals surface area contributed by atoms with Crippen molar-refractivity contribution in [2.45, 2.75) is 31.8 Å². The summed E-state index contributed by atoms with van der Waals surface area (Å²) in [6.45, 7) is 0.986. The van der Waals surface area contributed by atoms with Crippen LogP contribution in [0.1, 0.15) is 31.2 Å². The number of carbonyl (C=O) groups is 1. The Labute approximate surface area is 139 Å². The second-order valence-corrected chi connectivity index (χ2v) is 6.03. The number of esters is 1. The van der Waals surface area contributed by atoms with Crippen LogP contribution in [0.2, 0.25) is 0 Å². The smallest absolute Gasteiger partial charge is 0.331 e. The Morgan fingerprint density at radius 3 is 2.59 bits per heavy atom. The van der Waals surface area contributed by atoms with E-state index in [1.807, 2.05) is 36.4 Å². The molecule has 1 aromatic rings. The molecule has 0 aliphatic heterocycles. The summed E-state index contributed by atoms with van der Waals surface area (Å²) >= 11 is 0. The topological polar surface area (TPSA) is 29.5 Å². The Kier molecular flexibility index (Phi) is 8.21. The van der Waals surface area contributed by atoms with Crippen LogP contribution in [0, 0.1) is 5.92 Å². The van der Waals surface area contributed by atoms with E-state index in [0.717, 1.165) is 31.4 Å². The normalized spacial score (nSPS) is 21.6. The van der Waals surface area contributed by atoms with Crippen LogP contribution in [0.5, 0.6) is 0 Å². The Bertz CT molecular complexity index is 473. The first-order valence-corrected chi connectivity index (χ1v) is 7.73. The molecule has 2 rings (SSSR count). The van der Waals surface area contributed by atoms with Gasteiger partial charge in [-0.05, 0) is 45.0 Å². The van der Waals surface area contributed by atoms with Gasteiger partial charge >= 0.3 is 5.97 Å². The van der Waals surface area contributed by atoms with Gasteiger partial charge in [0, 0.05) is 18.5 Å². The number of benzene rings is 1. The Morgan fingerprint density at radius 1 is 1.23 bits per heavy atom. The van der Waals surface area contributed by atoms with E-state index in [2.05, 4.69) is 19.0 Å². The SMILES string of the molecule is CN(C)CC1CCCCC1OC(=O)/C=C/c1ccccc1.Cl. The van der Waals surface area contributed by atoms with E-state index in [4.69, 9.17) is 4.74 Å². The number of halogens is 1. The molecule has 0 N–H and O–H groups in total. The zero-order valence-electron chi connectivity index (χ0n) is 13.4. The number of hydrogen-bond donors (Lipinski definition) is 0. The molecule has 0 saturated heterocycles. The number of hydrogen-bond acceptors (Lipinski definition) is 3. The average molecular weight is 324 g/mol. The van der Waals surface area contributed by atoms with Crippen LogP contribution < -0.4 is 0 Å². The third-order valence-electron chi connectivity index (χ3n) is 3.92. The average Bonchev–Trinajstić information content (AvgIpc) is 2.48. The highest BCUT2D eigenvalue weighted by atomic mass is 35.5. The van der Waals surface area contributed by atoms with Crippen molar-refractivity contribution in [3.63, 3.8) is 0 Å². The van der Waals surface area contributed by atoms with Gasteiger partial charge < -0.3 is 9.64 Å². The number of nitrogens with zero attached hydrogens (tertiary/aromatic N) is 1. The van der Waals surface area contributed by atoms with Crippen molar-refractivity contribution in [2.24, 2.45) is 5.92 Å². The van der Waals surface area contributed by atoms with Gasteiger partial charge in [-0.15, -0.1) is 12.4 Å². The molecule has 2 unspecified atom stereocenters. The lowest BCUT2D eigenvalue weighted by Gasteiger charge is -2.32. The summed E-state index contributed by atoms with van der Waals surface area (Å²) in [7, 11) is 4.14. The third kappa shape index (κ3) is 6.20. The van der Waals surface area contributed by atoms with Crippen LogP contribution in [-0.2, 0) is 9.53 Å². The first-order chi connectivity index (χ1) is 10.1.